The van der Waals surface area contributed by atoms with Crippen molar-refractivity contribution >= 4 is 5.82 Å². The lowest BCUT2D eigenvalue weighted by atomic mass is 10.1. The molecule has 0 saturated heterocycles. The van der Waals surface area contributed by atoms with E-state index in [4.69, 9.17) is 4.74 Å². The van der Waals surface area contributed by atoms with Gasteiger partial charge in [-0.1, -0.05) is 12.1 Å². The molecule has 0 unspecified atom stereocenters. The largest absolute Gasteiger partial charge is 0.497 e. The minimum atomic E-state index is -0.514. The summed E-state index contributed by atoms with van der Waals surface area (Å²) in [5.41, 5.74) is 1.93. The van der Waals surface area contributed by atoms with E-state index >= 15 is 0 Å². The van der Waals surface area contributed by atoms with Gasteiger partial charge >= 0.3 is 0 Å². The summed E-state index contributed by atoms with van der Waals surface area (Å²) in [7, 11) is 1.64. The number of aliphatic hydroxyl groups is 1. The number of fused-ring (bicyclic) bond motifs is 1. The summed E-state index contributed by atoms with van der Waals surface area (Å²) >= 11 is 0. The summed E-state index contributed by atoms with van der Waals surface area (Å²) in [6.45, 7) is 5.22. The smallest absolute Gasteiger partial charge is 0.124 e. The third-order valence-electron chi connectivity index (χ3n) is 4.18. The second-order valence-corrected chi connectivity index (χ2v) is 6.05. The van der Waals surface area contributed by atoms with Gasteiger partial charge in [0, 0.05) is 38.2 Å². The van der Waals surface area contributed by atoms with Crippen LogP contribution in [-0.2, 0) is 6.54 Å². The third kappa shape index (κ3) is 3.83. The summed E-state index contributed by atoms with van der Waals surface area (Å²) in [4.78, 5) is 0. The van der Waals surface area contributed by atoms with Crippen molar-refractivity contribution in [2.75, 3.05) is 32.1 Å². The van der Waals surface area contributed by atoms with E-state index in [-0.39, 0.29) is 0 Å². The molecule has 0 aliphatic carbocycles. The monoisotopic (exact) mass is 316 g/mol. The van der Waals surface area contributed by atoms with Gasteiger partial charge in [-0.25, -0.2) is 4.68 Å². The minimum absolute atomic E-state index is 0.463. The topological polar surface area (TPSA) is 71.3 Å². The Bertz CT molecular complexity index is 639. The van der Waals surface area contributed by atoms with Gasteiger partial charge < -0.3 is 20.5 Å². The first-order valence-corrected chi connectivity index (χ1v) is 7.97. The maximum atomic E-state index is 10.2. The van der Waals surface area contributed by atoms with Crippen molar-refractivity contribution < 1.29 is 9.84 Å². The molecule has 2 heterocycles. The van der Waals surface area contributed by atoms with Crippen molar-refractivity contribution in [1.82, 2.24) is 15.1 Å². The quantitative estimate of drug-likeness (QED) is 0.754. The number of nitrogens with one attached hydrogen (secondary N) is 2. The number of aliphatic hydroxyl groups excluding tert-OH is 1. The van der Waals surface area contributed by atoms with E-state index < -0.39 is 6.10 Å². The lowest BCUT2D eigenvalue weighted by Gasteiger charge is -2.25. The van der Waals surface area contributed by atoms with Crippen molar-refractivity contribution in [2.45, 2.75) is 19.6 Å². The van der Waals surface area contributed by atoms with Gasteiger partial charge in [-0.3, -0.25) is 0 Å². The van der Waals surface area contributed by atoms with E-state index in [2.05, 4.69) is 21.8 Å². The first-order chi connectivity index (χ1) is 11.2. The van der Waals surface area contributed by atoms with Gasteiger partial charge in [0.15, 0.2) is 0 Å². The number of aromatic nitrogens is 2. The Hall–Kier alpha value is -2.05. The molecule has 1 aromatic heterocycles. The van der Waals surface area contributed by atoms with Gasteiger partial charge in [0.1, 0.15) is 11.6 Å². The predicted octanol–water partition coefficient (Wildman–Crippen LogP) is 1.57. The molecule has 1 aromatic carbocycles. The van der Waals surface area contributed by atoms with Crippen LogP contribution in [0.25, 0.3) is 0 Å². The number of ether oxygens (including phenoxy) is 1. The lowest BCUT2D eigenvalue weighted by molar-refractivity contribution is 0.172. The molecule has 0 bridgehead atoms. The van der Waals surface area contributed by atoms with Crippen LogP contribution in [0.15, 0.2) is 30.3 Å². The Balaban J connectivity index is 1.46. The molecule has 2 atom stereocenters. The predicted molar refractivity (Wildman–Crippen MR) is 89.8 cm³/mol. The van der Waals surface area contributed by atoms with Gasteiger partial charge in [-0.2, -0.15) is 5.10 Å². The van der Waals surface area contributed by atoms with E-state index in [0.717, 1.165) is 42.5 Å². The summed E-state index contributed by atoms with van der Waals surface area (Å²) in [6, 6.07) is 9.59. The number of nitrogens with zero attached hydrogens (tertiary/aromatic N) is 2. The highest BCUT2D eigenvalue weighted by molar-refractivity contribution is 5.38. The van der Waals surface area contributed by atoms with Crippen LogP contribution in [0.5, 0.6) is 5.75 Å². The molecule has 124 valence electrons. The van der Waals surface area contributed by atoms with E-state index in [0.29, 0.717) is 12.5 Å². The van der Waals surface area contributed by atoms with E-state index in [9.17, 15) is 5.11 Å². The average Bonchev–Trinajstić information content (AvgIpc) is 2.94. The fourth-order valence-electron chi connectivity index (χ4n) is 2.89. The Morgan fingerprint density at radius 1 is 1.43 bits per heavy atom. The first-order valence-electron chi connectivity index (χ1n) is 7.97. The molecule has 0 fully saturated rings. The maximum absolute atomic E-state index is 10.2. The van der Waals surface area contributed by atoms with Crippen molar-refractivity contribution in [3.8, 4) is 5.75 Å². The van der Waals surface area contributed by atoms with Gasteiger partial charge in [0.05, 0.1) is 18.9 Å². The van der Waals surface area contributed by atoms with E-state index in [1.54, 1.807) is 7.11 Å². The number of rotatable bonds is 6. The zero-order chi connectivity index (χ0) is 16.2. The van der Waals surface area contributed by atoms with E-state index in [1.807, 2.05) is 35.9 Å². The molecule has 0 saturated carbocycles. The van der Waals surface area contributed by atoms with Gasteiger partial charge in [0.2, 0.25) is 0 Å². The standard InChI is InChI=1S/C17H24N4O2/c1-12-7-17-19-9-13(11-21(17)20-12)8-18-10-16(22)14-3-5-15(23-2)6-4-14/h3-7,13,16,18-19,22H,8-11H2,1-2H3/t13-,16+/m1/s1. The Morgan fingerprint density at radius 2 is 2.22 bits per heavy atom. The second kappa shape index (κ2) is 7.02. The van der Waals surface area contributed by atoms with Crippen LogP contribution in [0, 0.1) is 12.8 Å². The van der Waals surface area contributed by atoms with Crippen molar-refractivity contribution in [3.63, 3.8) is 0 Å². The van der Waals surface area contributed by atoms with Crippen LogP contribution in [0.4, 0.5) is 5.82 Å². The fourth-order valence-corrected chi connectivity index (χ4v) is 2.89. The highest BCUT2D eigenvalue weighted by Gasteiger charge is 2.19. The average molecular weight is 316 g/mol. The number of aryl methyl sites for hydroxylation is 1. The van der Waals surface area contributed by atoms with Crippen molar-refractivity contribution in [3.05, 3.63) is 41.6 Å². The zero-order valence-corrected chi connectivity index (χ0v) is 13.6. The highest BCUT2D eigenvalue weighted by atomic mass is 16.5. The number of hydrogen-bond donors (Lipinski definition) is 3. The molecule has 0 spiro atoms. The SMILES string of the molecule is COc1ccc([C@@H](O)CNC[C@@H]2CNc3cc(C)nn3C2)cc1. The lowest BCUT2D eigenvalue weighted by Crippen LogP contribution is -2.36. The highest BCUT2D eigenvalue weighted by Crippen LogP contribution is 2.19. The molecular weight excluding hydrogens is 292 g/mol. The first kappa shape index (κ1) is 15.8. The molecule has 0 amide bonds. The molecule has 6 heteroatoms. The molecular formula is C17H24N4O2. The normalized spacial score (nSPS) is 18.1. The molecule has 1 aliphatic heterocycles. The summed E-state index contributed by atoms with van der Waals surface area (Å²) < 4.78 is 7.15. The van der Waals surface area contributed by atoms with Crippen LogP contribution in [0.1, 0.15) is 17.4 Å². The summed E-state index contributed by atoms with van der Waals surface area (Å²) in [6.07, 6.45) is -0.514. The van der Waals surface area contributed by atoms with Crippen LogP contribution in [-0.4, -0.2) is 41.6 Å². The summed E-state index contributed by atoms with van der Waals surface area (Å²) in [5.74, 6) is 2.36. The maximum Gasteiger partial charge on any atom is 0.124 e. The Labute approximate surface area is 136 Å². The molecule has 3 N–H and O–H groups in total. The zero-order valence-electron chi connectivity index (χ0n) is 13.6. The number of benzene rings is 1. The molecule has 23 heavy (non-hydrogen) atoms. The molecule has 3 rings (SSSR count). The molecule has 0 radical (unpaired) electrons. The van der Waals surface area contributed by atoms with Crippen LogP contribution >= 0.6 is 0 Å². The van der Waals surface area contributed by atoms with Crippen molar-refractivity contribution in [2.24, 2.45) is 5.92 Å². The van der Waals surface area contributed by atoms with Crippen LogP contribution in [0.2, 0.25) is 0 Å². The van der Waals surface area contributed by atoms with Gasteiger partial charge in [-0.05, 0) is 24.6 Å². The van der Waals surface area contributed by atoms with Crippen molar-refractivity contribution in [1.29, 1.82) is 0 Å². The molecule has 2 aromatic rings. The number of methoxy groups -OCH3 is 1. The fraction of sp³-hybridized carbons (Fsp3) is 0.471. The number of anilines is 1. The van der Waals surface area contributed by atoms with Crippen LogP contribution in [0.3, 0.4) is 0 Å². The summed E-state index contributed by atoms with van der Waals surface area (Å²) in [5, 5.41) is 21.5. The minimum Gasteiger partial charge on any atom is -0.497 e. The second-order valence-electron chi connectivity index (χ2n) is 6.05. The van der Waals surface area contributed by atoms with Gasteiger partial charge in [0.25, 0.3) is 0 Å². The number of hydrogen-bond acceptors (Lipinski definition) is 5. The molecule has 1 aliphatic rings. The Morgan fingerprint density at radius 3 is 2.96 bits per heavy atom. The third-order valence-corrected chi connectivity index (χ3v) is 4.18. The van der Waals surface area contributed by atoms with Crippen LogP contribution < -0.4 is 15.4 Å². The molecule has 6 nitrogen and oxygen atoms in total. The van der Waals surface area contributed by atoms with E-state index in [1.165, 1.54) is 0 Å². The van der Waals surface area contributed by atoms with Gasteiger partial charge in [-0.15, -0.1) is 0 Å². The Kier molecular flexibility index (Phi) is 4.83.